The van der Waals surface area contributed by atoms with Gasteiger partial charge in [0.05, 0.1) is 5.69 Å². The highest BCUT2D eigenvalue weighted by atomic mass is 19.4. The summed E-state index contributed by atoms with van der Waals surface area (Å²) in [6.07, 6.45) is 2.62. The molecule has 30 heavy (non-hydrogen) atoms. The second kappa shape index (κ2) is 8.17. The molecule has 0 atom stereocenters. The molecule has 3 aromatic rings. The van der Waals surface area contributed by atoms with E-state index in [1.807, 2.05) is 18.2 Å². The van der Waals surface area contributed by atoms with Crippen molar-refractivity contribution in [2.24, 2.45) is 0 Å². The summed E-state index contributed by atoms with van der Waals surface area (Å²) >= 11 is 0. The summed E-state index contributed by atoms with van der Waals surface area (Å²) in [6.45, 7) is 0.0590. The summed E-state index contributed by atoms with van der Waals surface area (Å²) < 4.78 is 38.3. The molecule has 4 rings (SSSR count). The van der Waals surface area contributed by atoms with Crippen LogP contribution in [0.3, 0.4) is 0 Å². The van der Waals surface area contributed by atoms with Gasteiger partial charge >= 0.3 is 12.1 Å². The molecule has 0 unspecified atom stereocenters. The zero-order valence-corrected chi connectivity index (χ0v) is 15.9. The molecule has 1 fully saturated rings. The van der Waals surface area contributed by atoms with E-state index in [1.54, 1.807) is 36.9 Å². The van der Waals surface area contributed by atoms with Crippen molar-refractivity contribution in [2.75, 3.05) is 13.1 Å². The predicted molar refractivity (Wildman–Crippen MR) is 103 cm³/mol. The van der Waals surface area contributed by atoms with Crippen molar-refractivity contribution < 1.29 is 18.0 Å². The summed E-state index contributed by atoms with van der Waals surface area (Å²) in [6, 6.07) is 9.11. The maximum absolute atomic E-state index is 12.8. The highest BCUT2D eigenvalue weighted by Crippen LogP contribution is 2.35. The van der Waals surface area contributed by atoms with Gasteiger partial charge in [-0.2, -0.15) is 13.2 Å². The topological polar surface area (TPSA) is 71.9 Å². The van der Waals surface area contributed by atoms with E-state index >= 15 is 0 Å². The van der Waals surface area contributed by atoms with Gasteiger partial charge in [0.1, 0.15) is 5.69 Å². The van der Waals surface area contributed by atoms with Crippen LogP contribution in [0.5, 0.6) is 0 Å². The number of rotatable bonds is 3. The lowest BCUT2D eigenvalue weighted by atomic mass is 9.89. The van der Waals surface area contributed by atoms with Gasteiger partial charge in [0.2, 0.25) is 0 Å². The zero-order valence-electron chi connectivity index (χ0n) is 15.9. The number of piperidine rings is 1. The van der Waals surface area contributed by atoms with Crippen LogP contribution >= 0.6 is 0 Å². The smallest absolute Gasteiger partial charge is 0.335 e. The van der Waals surface area contributed by atoms with Crippen molar-refractivity contribution in [3.05, 3.63) is 60.8 Å². The lowest BCUT2D eigenvalue weighted by molar-refractivity contribution is -0.186. The van der Waals surface area contributed by atoms with Crippen molar-refractivity contribution in [3.63, 3.8) is 0 Å². The van der Waals surface area contributed by atoms with Gasteiger partial charge in [-0.15, -0.1) is 0 Å². The number of amides is 1. The standard InChI is InChI=1S/C21H18F3N5O/c22-21(23,24)20(30)29-11-6-15(7-12-29)18-16(14-4-9-25-10-5-14)13-27-19(28-18)17-3-1-2-8-26-17/h1-5,8-10,13,15H,6-7,11-12H2. The third-order valence-corrected chi connectivity index (χ3v) is 5.11. The Kier molecular flexibility index (Phi) is 5.43. The first-order valence-electron chi connectivity index (χ1n) is 9.48. The van der Waals surface area contributed by atoms with E-state index in [9.17, 15) is 18.0 Å². The fourth-order valence-corrected chi connectivity index (χ4v) is 3.61. The number of carbonyl (C=O) groups excluding carboxylic acids is 1. The molecule has 1 saturated heterocycles. The van der Waals surface area contributed by atoms with Crippen LogP contribution in [-0.2, 0) is 4.79 Å². The fourth-order valence-electron chi connectivity index (χ4n) is 3.61. The van der Waals surface area contributed by atoms with Gasteiger partial charge in [0, 0.05) is 49.4 Å². The number of likely N-dealkylation sites (tertiary alicyclic amines) is 1. The quantitative estimate of drug-likeness (QED) is 0.652. The predicted octanol–water partition coefficient (Wildman–Crippen LogP) is 3.87. The van der Waals surface area contributed by atoms with Crippen LogP contribution < -0.4 is 0 Å². The number of halogens is 3. The molecule has 0 aliphatic carbocycles. The van der Waals surface area contributed by atoms with Crippen molar-refractivity contribution in [2.45, 2.75) is 24.9 Å². The van der Waals surface area contributed by atoms with Crippen LogP contribution in [-0.4, -0.2) is 50.0 Å². The normalized spacial score (nSPS) is 15.2. The van der Waals surface area contributed by atoms with Crippen LogP contribution in [0.1, 0.15) is 24.5 Å². The Labute approximate surface area is 170 Å². The second-order valence-corrected chi connectivity index (χ2v) is 7.01. The third-order valence-electron chi connectivity index (χ3n) is 5.11. The van der Waals surface area contributed by atoms with Gasteiger partial charge in [-0.1, -0.05) is 6.07 Å². The first-order chi connectivity index (χ1) is 14.4. The van der Waals surface area contributed by atoms with Gasteiger partial charge in [-0.3, -0.25) is 14.8 Å². The highest BCUT2D eigenvalue weighted by Gasteiger charge is 2.43. The molecule has 4 heterocycles. The Balaban J connectivity index is 1.66. The SMILES string of the molecule is O=C(N1CCC(c2nc(-c3ccccn3)ncc2-c2ccncc2)CC1)C(F)(F)F. The van der Waals surface area contributed by atoms with Crippen LogP contribution in [0.4, 0.5) is 13.2 Å². The molecule has 3 aromatic heterocycles. The molecular weight excluding hydrogens is 395 g/mol. The van der Waals surface area contributed by atoms with Crippen molar-refractivity contribution in [1.29, 1.82) is 0 Å². The summed E-state index contributed by atoms with van der Waals surface area (Å²) in [5.41, 5.74) is 3.04. The fraction of sp³-hybridized carbons (Fsp3) is 0.286. The van der Waals surface area contributed by atoms with Gasteiger partial charge in [0.15, 0.2) is 5.82 Å². The number of aromatic nitrogens is 4. The Bertz CT molecular complexity index is 1020. The molecule has 0 aromatic carbocycles. The molecule has 9 heteroatoms. The molecule has 0 bridgehead atoms. The zero-order chi connectivity index (χ0) is 21.1. The summed E-state index contributed by atoms with van der Waals surface area (Å²) in [7, 11) is 0. The molecule has 0 saturated carbocycles. The minimum absolute atomic E-state index is 0.0295. The Hall–Kier alpha value is -3.36. The highest BCUT2D eigenvalue weighted by molar-refractivity contribution is 5.82. The molecule has 6 nitrogen and oxygen atoms in total. The summed E-state index contributed by atoms with van der Waals surface area (Å²) in [4.78, 5) is 29.9. The van der Waals surface area contributed by atoms with Crippen molar-refractivity contribution >= 4 is 5.91 Å². The van der Waals surface area contributed by atoms with E-state index in [-0.39, 0.29) is 19.0 Å². The second-order valence-electron chi connectivity index (χ2n) is 7.01. The van der Waals surface area contributed by atoms with E-state index in [2.05, 4.69) is 15.0 Å². The van der Waals surface area contributed by atoms with Crippen LogP contribution in [0.2, 0.25) is 0 Å². The van der Waals surface area contributed by atoms with E-state index in [1.165, 1.54) is 0 Å². The van der Waals surface area contributed by atoms with Gasteiger partial charge in [-0.05, 0) is 42.7 Å². The maximum Gasteiger partial charge on any atom is 0.471 e. The first-order valence-corrected chi connectivity index (χ1v) is 9.48. The van der Waals surface area contributed by atoms with Crippen molar-refractivity contribution in [3.8, 4) is 22.6 Å². The number of hydrogen-bond donors (Lipinski definition) is 0. The first kappa shape index (κ1) is 19.9. The average Bonchev–Trinajstić information content (AvgIpc) is 2.79. The summed E-state index contributed by atoms with van der Waals surface area (Å²) in [5.74, 6) is -1.43. The molecule has 1 aliphatic heterocycles. The molecule has 0 spiro atoms. The number of pyridine rings is 2. The minimum Gasteiger partial charge on any atom is -0.335 e. The number of alkyl halides is 3. The van der Waals surface area contributed by atoms with Crippen LogP contribution in [0.25, 0.3) is 22.6 Å². The molecule has 1 amide bonds. The van der Waals surface area contributed by atoms with Crippen molar-refractivity contribution in [1.82, 2.24) is 24.8 Å². The van der Waals surface area contributed by atoms with Gasteiger partial charge < -0.3 is 4.90 Å². The van der Waals surface area contributed by atoms with E-state index < -0.39 is 12.1 Å². The van der Waals surface area contributed by atoms with Crippen LogP contribution in [0, 0.1) is 0 Å². The Morgan fingerprint density at radius 1 is 1.00 bits per heavy atom. The molecular formula is C21H18F3N5O. The number of hydrogen-bond acceptors (Lipinski definition) is 5. The maximum atomic E-state index is 12.8. The lowest BCUT2D eigenvalue weighted by Gasteiger charge is -2.32. The van der Waals surface area contributed by atoms with Gasteiger partial charge in [0.25, 0.3) is 0 Å². The van der Waals surface area contributed by atoms with Crippen LogP contribution in [0.15, 0.2) is 55.1 Å². The summed E-state index contributed by atoms with van der Waals surface area (Å²) in [5, 5.41) is 0. The largest absolute Gasteiger partial charge is 0.471 e. The third kappa shape index (κ3) is 4.14. The van der Waals surface area contributed by atoms with Gasteiger partial charge in [-0.25, -0.2) is 9.97 Å². The Morgan fingerprint density at radius 3 is 2.37 bits per heavy atom. The number of carbonyl (C=O) groups is 1. The lowest BCUT2D eigenvalue weighted by Crippen LogP contribution is -2.45. The molecule has 1 aliphatic rings. The Morgan fingerprint density at radius 2 is 1.73 bits per heavy atom. The molecule has 0 N–H and O–H groups in total. The monoisotopic (exact) mass is 413 g/mol. The molecule has 0 radical (unpaired) electrons. The molecule has 154 valence electrons. The minimum atomic E-state index is -4.85. The number of nitrogens with zero attached hydrogens (tertiary/aromatic N) is 5. The van der Waals surface area contributed by atoms with E-state index in [0.29, 0.717) is 24.4 Å². The average molecular weight is 413 g/mol. The van der Waals surface area contributed by atoms with E-state index in [4.69, 9.17) is 4.98 Å². The van der Waals surface area contributed by atoms with E-state index in [0.717, 1.165) is 21.7 Å².